The van der Waals surface area contributed by atoms with Crippen LogP contribution in [0.4, 0.5) is 0 Å². The number of aromatic nitrogens is 1. The van der Waals surface area contributed by atoms with Gasteiger partial charge in [-0.15, -0.1) is 0 Å². The van der Waals surface area contributed by atoms with Gasteiger partial charge in [0.05, 0.1) is 25.2 Å². The van der Waals surface area contributed by atoms with Gasteiger partial charge >= 0.3 is 0 Å². The average Bonchev–Trinajstić information content (AvgIpc) is 2.99. The number of carbonyl (C=O) groups is 1. The van der Waals surface area contributed by atoms with Crippen LogP contribution in [0.1, 0.15) is 43.8 Å². The monoisotopic (exact) mass is 415 g/mol. The van der Waals surface area contributed by atoms with Gasteiger partial charge in [-0.25, -0.2) is 0 Å². The fourth-order valence-electron chi connectivity index (χ4n) is 6.37. The molecule has 3 aliphatic heterocycles. The minimum absolute atomic E-state index is 0.00372. The van der Waals surface area contributed by atoms with Crippen molar-refractivity contribution in [3.05, 3.63) is 34.2 Å². The minimum Gasteiger partial charge on any atom is -0.396 e. The van der Waals surface area contributed by atoms with Crippen LogP contribution < -0.4 is 5.56 Å². The second kappa shape index (κ2) is 8.44. The molecule has 7 nitrogen and oxygen atoms in total. The molecule has 2 bridgehead atoms. The van der Waals surface area contributed by atoms with Crippen LogP contribution in [0.5, 0.6) is 0 Å². The molecule has 30 heavy (non-hydrogen) atoms. The Morgan fingerprint density at radius 2 is 1.90 bits per heavy atom. The van der Waals surface area contributed by atoms with E-state index in [2.05, 4.69) is 4.90 Å². The molecule has 0 radical (unpaired) electrons. The predicted molar refractivity (Wildman–Crippen MR) is 112 cm³/mol. The van der Waals surface area contributed by atoms with Gasteiger partial charge in [0.25, 0.3) is 5.56 Å². The Hall–Kier alpha value is -1.70. The van der Waals surface area contributed by atoms with E-state index < -0.39 is 0 Å². The molecule has 4 atom stereocenters. The number of pyridine rings is 1. The molecule has 1 amide bonds. The first-order valence-electron chi connectivity index (χ1n) is 11.6. The van der Waals surface area contributed by atoms with Gasteiger partial charge in [0.2, 0.25) is 5.91 Å². The van der Waals surface area contributed by atoms with Crippen molar-refractivity contribution in [1.82, 2.24) is 14.4 Å². The number of carbonyl (C=O) groups excluding carboxylic acids is 1. The molecule has 0 unspecified atom stereocenters. The van der Waals surface area contributed by atoms with Gasteiger partial charge in [0.1, 0.15) is 0 Å². The molecule has 1 N–H and O–H groups in total. The molecule has 1 saturated carbocycles. The lowest BCUT2D eigenvalue weighted by molar-refractivity contribution is -0.142. The summed E-state index contributed by atoms with van der Waals surface area (Å²) in [6, 6.07) is 5.33. The molecule has 1 aromatic heterocycles. The van der Waals surface area contributed by atoms with Gasteiger partial charge in [-0.05, 0) is 24.8 Å². The zero-order chi connectivity index (χ0) is 20.7. The van der Waals surface area contributed by atoms with E-state index in [1.807, 2.05) is 21.6 Å². The van der Waals surface area contributed by atoms with Crippen molar-refractivity contribution in [3.63, 3.8) is 0 Å². The molecule has 1 aliphatic carbocycles. The number of amides is 1. The van der Waals surface area contributed by atoms with Crippen molar-refractivity contribution in [1.29, 1.82) is 0 Å². The maximum atomic E-state index is 13.7. The largest absolute Gasteiger partial charge is 0.396 e. The zero-order valence-corrected chi connectivity index (χ0v) is 17.6. The van der Waals surface area contributed by atoms with Crippen LogP contribution in [0.3, 0.4) is 0 Å². The number of aliphatic hydroxyl groups is 1. The Kier molecular flexibility index (Phi) is 5.69. The highest BCUT2D eigenvalue weighted by Crippen LogP contribution is 2.49. The lowest BCUT2D eigenvalue weighted by atomic mass is 9.86. The van der Waals surface area contributed by atoms with Crippen molar-refractivity contribution in [2.45, 2.75) is 50.7 Å². The van der Waals surface area contributed by atoms with Gasteiger partial charge in [-0.2, -0.15) is 0 Å². The van der Waals surface area contributed by atoms with Crippen LogP contribution in [-0.2, 0) is 16.1 Å². The van der Waals surface area contributed by atoms with E-state index in [1.54, 1.807) is 6.07 Å². The van der Waals surface area contributed by atoms with Crippen LogP contribution in [0.25, 0.3) is 0 Å². The van der Waals surface area contributed by atoms with E-state index in [0.29, 0.717) is 38.8 Å². The summed E-state index contributed by atoms with van der Waals surface area (Å²) in [5.74, 6) is 0.302. The molecular formula is C23H33N3O4. The summed E-state index contributed by atoms with van der Waals surface area (Å²) in [7, 11) is 0. The van der Waals surface area contributed by atoms with Crippen molar-refractivity contribution >= 4 is 5.91 Å². The molecule has 4 aliphatic rings. The lowest BCUT2D eigenvalue weighted by Crippen LogP contribution is -2.48. The molecule has 1 aromatic rings. The van der Waals surface area contributed by atoms with Gasteiger partial charge in [-0.3, -0.25) is 14.5 Å². The Morgan fingerprint density at radius 3 is 2.63 bits per heavy atom. The van der Waals surface area contributed by atoms with Gasteiger partial charge in [-0.1, -0.05) is 25.3 Å². The molecule has 164 valence electrons. The molecule has 3 fully saturated rings. The molecule has 5 rings (SSSR count). The smallest absolute Gasteiger partial charge is 0.250 e. The maximum Gasteiger partial charge on any atom is 0.250 e. The molecule has 2 saturated heterocycles. The van der Waals surface area contributed by atoms with E-state index in [1.165, 1.54) is 32.1 Å². The summed E-state index contributed by atoms with van der Waals surface area (Å²) in [6.45, 7) is 3.85. The quantitative estimate of drug-likeness (QED) is 0.801. The number of nitrogens with zero attached hydrogens (tertiary/aromatic N) is 3. The highest BCUT2D eigenvalue weighted by Gasteiger charge is 2.56. The third-order valence-corrected chi connectivity index (χ3v) is 7.85. The Balaban J connectivity index is 1.52. The first kappa shape index (κ1) is 20.2. The molecular weight excluding hydrogens is 382 g/mol. The predicted octanol–water partition coefficient (Wildman–Crippen LogP) is 1.25. The Morgan fingerprint density at radius 1 is 1.13 bits per heavy atom. The highest BCUT2D eigenvalue weighted by atomic mass is 16.5. The third kappa shape index (κ3) is 3.41. The number of fused-ring (bicyclic) bond motifs is 4. The van der Waals surface area contributed by atoms with Crippen LogP contribution in [0, 0.1) is 17.8 Å². The van der Waals surface area contributed by atoms with E-state index in [0.717, 1.165) is 12.2 Å². The fraction of sp³-hybridized carbons (Fsp3) is 0.739. The minimum atomic E-state index is -0.308. The number of morpholine rings is 1. The standard InChI is InChI=1S/C23H33N3O4/c27-15-17-19-14-25-18(7-4-8-20(25)28)22(26(19)13-16-5-2-1-3-6-16)21(17)23(29)24-9-11-30-12-10-24/h4,7-8,16-17,19,21-22,27H,1-3,5-6,9-15H2/t17-,19-,21+,22+/m1/s1. The second-order valence-electron chi connectivity index (χ2n) is 9.42. The Labute approximate surface area is 177 Å². The van der Waals surface area contributed by atoms with Crippen molar-refractivity contribution < 1.29 is 14.6 Å². The van der Waals surface area contributed by atoms with Gasteiger partial charge < -0.3 is 19.3 Å². The number of aliphatic hydroxyl groups excluding tert-OH is 1. The normalized spacial score (nSPS) is 32.2. The summed E-state index contributed by atoms with van der Waals surface area (Å²) < 4.78 is 7.30. The van der Waals surface area contributed by atoms with Crippen LogP contribution in [0.2, 0.25) is 0 Å². The molecule has 4 heterocycles. The van der Waals surface area contributed by atoms with Crippen molar-refractivity contribution in [3.8, 4) is 0 Å². The van der Waals surface area contributed by atoms with E-state index in [-0.39, 0.29) is 42.0 Å². The second-order valence-corrected chi connectivity index (χ2v) is 9.42. The fourth-order valence-corrected chi connectivity index (χ4v) is 6.37. The summed E-state index contributed by atoms with van der Waals surface area (Å²) in [4.78, 5) is 30.7. The summed E-state index contributed by atoms with van der Waals surface area (Å²) in [6.07, 6.45) is 6.36. The van der Waals surface area contributed by atoms with Crippen LogP contribution in [-0.4, -0.2) is 70.9 Å². The van der Waals surface area contributed by atoms with Gasteiger partial charge in [0.15, 0.2) is 0 Å². The number of hydrogen-bond donors (Lipinski definition) is 1. The zero-order valence-electron chi connectivity index (χ0n) is 17.6. The SMILES string of the molecule is O=C([C@H]1[C@H](CO)[C@H]2Cn3c(cccc3=O)[C@@H]1N2CC1CCCCC1)N1CCOCC1. The van der Waals surface area contributed by atoms with E-state index >= 15 is 0 Å². The third-order valence-electron chi connectivity index (χ3n) is 7.85. The average molecular weight is 416 g/mol. The first-order chi connectivity index (χ1) is 14.7. The van der Waals surface area contributed by atoms with E-state index in [4.69, 9.17) is 4.74 Å². The van der Waals surface area contributed by atoms with Crippen molar-refractivity contribution in [2.24, 2.45) is 17.8 Å². The van der Waals surface area contributed by atoms with Crippen molar-refractivity contribution in [2.75, 3.05) is 39.5 Å². The molecule has 0 spiro atoms. The van der Waals surface area contributed by atoms with E-state index in [9.17, 15) is 14.7 Å². The highest BCUT2D eigenvalue weighted by molar-refractivity contribution is 5.81. The summed E-state index contributed by atoms with van der Waals surface area (Å²) in [5, 5.41) is 10.4. The first-order valence-corrected chi connectivity index (χ1v) is 11.6. The maximum absolute atomic E-state index is 13.7. The van der Waals surface area contributed by atoms with Gasteiger partial charge in [0, 0.05) is 56.5 Å². The summed E-state index contributed by atoms with van der Waals surface area (Å²) >= 11 is 0. The number of ether oxygens (including phenoxy) is 1. The Bertz CT molecular complexity index is 828. The number of rotatable bonds is 4. The number of hydrogen-bond acceptors (Lipinski definition) is 5. The lowest BCUT2D eigenvalue weighted by Gasteiger charge is -2.41. The molecule has 0 aromatic carbocycles. The molecule has 7 heteroatoms. The summed E-state index contributed by atoms with van der Waals surface area (Å²) in [5.41, 5.74) is 0.938. The topological polar surface area (TPSA) is 75.0 Å². The van der Waals surface area contributed by atoms with Crippen LogP contribution >= 0.6 is 0 Å². The van der Waals surface area contributed by atoms with Crippen LogP contribution in [0.15, 0.2) is 23.0 Å².